The van der Waals surface area contributed by atoms with Crippen LogP contribution in [0.25, 0.3) is 0 Å². The minimum absolute atomic E-state index is 0.136. The van der Waals surface area contributed by atoms with E-state index in [4.69, 9.17) is 0 Å². The third-order valence-corrected chi connectivity index (χ3v) is 5.52. The second kappa shape index (κ2) is 9.34. The highest BCUT2D eigenvalue weighted by Gasteiger charge is 2.14. The molecular weight excluding hydrogens is 378 g/mol. The van der Waals surface area contributed by atoms with E-state index >= 15 is 0 Å². The number of carbonyl (C=O) groups is 2. The quantitative estimate of drug-likeness (QED) is 0.612. The number of amides is 2. The third-order valence-electron chi connectivity index (χ3n) is 3.85. The summed E-state index contributed by atoms with van der Waals surface area (Å²) in [5.41, 5.74) is 3.34. The van der Waals surface area contributed by atoms with Crippen LogP contribution in [-0.2, 0) is 10.5 Å². The maximum absolute atomic E-state index is 12.4. The second-order valence-corrected chi connectivity index (χ2v) is 7.68. The predicted octanol–water partition coefficient (Wildman–Crippen LogP) is 4.58. The molecule has 2 aromatic carbocycles. The number of carbonyl (C=O) groups excluding carboxylic acids is 2. The zero-order valence-corrected chi connectivity index (χ0v) is 16.4. The lowest BCUT2D eigenvalue weighted by atomic mass is 10.1. The highest BCUT2D eigenvalue weighted by atomic mass is 32.2. The third kappa shape index (κ3) is 5.42. The summed E-state index contributed by atoms with van der Waals surface area (Å²) in [6, 6.07) is 15.1. The Hall–Kier alpha value is -2.64. The van der Waals surface area contributed by atoms with Crippen molar-refractivity contribution in [2.45, 2.75) is 12.7 Å². The Morgan fingerprint density at radius 2 is 1.85 bits per heavy atom. The van der Waals surface area contributed by atoms with Gasteiger partial charge in [0.2, 0.25) is 5.91 Å². The standard InChI is InChI=1S/C20H19N3O2S2/c1-14-6-2-3-7-15(14)12-26-13-18(24)22-17-9-5-4-8-16(17)19(25)23-20-21-10-11-27-20/h2-11H,12-13H2,1H3,(H,22,24)(H,21,23,25). The highest BCUT2D eigenvalue weighted by molar-refractivity contribution is 7.99. The van der Waals surface area contributed by atoms with E-state index in [2.05, 4.69) is 34.7 Å². The first kappa shape index (κ1) is 19.1. The first-order chi connectivity index (χ1) is 13.1. The largest absolute Gasteiger partial charge is 0.325 e. The lowest BCUT2D eigenvalue weighted by Gasteiger charge is -2.11. The van der Waals surface area contributed by atoms with Crippen LogP contribution < -0.4 is 10.6 Å². The molecule has 0 bridgehead atoms. The summed E-state index contributed by atoms with van der Waals surface area (Å²) in [6.07, 6.45) is 1.62. The molecule has 1 aromatic heterocycles. The molecule has 5 nitrogen and oxygen atoms in total. The molecule has 0 saturated carbocycles. The molecule has 7 heteroatoms. The number of thioether (sulfide) groups is 1. The molecule has 1 heterocycles. The van der Waals surface area contributed by atoms with Gasteiger partial charge in [-0.3, -0.25) is 14.9 Å². The van der Waals surface area contributed by atoms with Crippen LogP contribution in [0, 0.1) is 6.92 Å². The molecule has 0 atom stereocenters. The number of aryl methyl sites for hydroxylation is 1. The smallest absolute Gasteiger partial charge is 0.259 e. The number of hydrogen-bond donors (Lipinski definition) is 2. The van der Waals surface area contributed by atoms with E-state index < -0.39 is 0 Å². The van der Waals surface area contributed by atoms with Crippen LogP contribution in [0.4, 0.5) is 10.8 Å². The number of benzene rings is 2. The van der Waals surface area contributed by atoms with Crippen molar-refractivity contribution in [1.82, 2.24) is 4.98 Å². The molecule has 2 amide bonds. The van der Waals surface area contributed by atoms with Gasteiger partial charge < -0.3 is 5.32 Å². The van der Waals surface area contributed by atoms with Gasteiger partial charge in [0.15, 0.2) is 5.13 Å². The number of para-hydroxylation sites is 1. The SMILES string of the molecule is Cc1ccccc1CSCC(=O)Nc1ccccc1C(=O)Nc1nccs1. The van der Waals surface area contributed by atoms with Crippen LogP contribution in [0.5, 0.6) is 0 Å². The van der Waals surface area contributed by atoms with E-state index in [1.807, 2.05) is 12.1 Å². The molecule has 2 N–H and O–H groups in total. The normalized spacial score (nSPS) is 10.4. The van der Waals surface area contributed by atoms with Crippen molar-refractivity contribution in [1.29, 1.82) is 0 Å². The van der Waals surface area contributed by atoms with Gasteiger partial charge in [-0.25, -0.2) is 4.98 Å². The van der Waals surface area contributed by atoms with Gasteiger partial charge in [0.25, 0.3) is 5.91 Å². The van der Waals surface area contributed by atoms with Crippen LogP contribution in [-0.4, -0.2) is 22.6 Å². The molecular formula is C20H19N3O2S2. The van der Waals surface area contributed by atoms with Gasteiger partial charge >= 0.3 is 0 Å². The van der Waals surface area contributed by atoms with E-state index in [1.54, 1.807) is 47.6 Å². The Morgan fingerprint density at radius 3 is 2.63 bits per heavy atom. The molecule has 3 rings (SSSR count). The lowest BCUT2D eigenvalue weighted by Crippen LogP contribution is -2.19. The average Bonchev–Trinajstić information content (AvgIpc) is 3.17. The van der Waals surface area contributed by atoms with Gasteiger partial charge in [-0.1, -0.05) is 36.4 Å². The van der Waals surface area contributed by atoms with E-state index in [1.165, 1.54) is 22.5 Å². The highest BCUT2D eigenvalue weighted by Crippen LogP contribution is 2.20. The maximum Gasteiger partial charge on any atom is 0.259 e. The molecule has 0 fully saturated rings. The average molecular weight is 398 g/mol. The first-order valence-corrected chi connectivity index (χ1v) is 10.4. The summed E-state index contributed by atoms with van der Waals surface area (Å²) in [5.74, 6) is 0.653. The topological polar surface area (TPSA) is 71.1 Å². The molecule has 138 valence electrons. The molecule has 0 aliphatic rings. The summed E-state index contributed by atoms with van der Waals surface area (Å²) >= 11 is 2.89. The van der Waals surface area contributed by atoms with Gasteiger partial charge in [-0.15, -0.1) is 23.1 Å². The fourth-order valence-corrected chi connectivity index (χ4v) is 3.88. The maximum atomic E-state index is 12.4. The van der Waals surface area contributed by atoms with Crippen molar-refractivity contribution in [3.05, 3.63) is 76.8 Å². The molecule has 0 unspecified atom stereocenters. The Morgan fingerprint density at radius 1 is 1.07 bits per heavy atom. The van der Waals surface area contributed by atoms with Crippen molar-refractivity contribution in [3.63, 3.8) is 0 Å². The van der Waals surface area contributed by atoms with Gasteiger partial charge in [0.05, 0.1) is 17.0 Å². The van der Waals surface area contributed by atoms with Crippen LogP contribution in [0.2, 0.25) is 0 Å². The van der Waals surface area contributed by atoms with Crippen LogP contribution >= 0.6 is 23.1 Å². The number of nitrogens with one attached hydrogen (secondary N) is 2. The molecule has 0 spiro atoms. The van der Waals surface area contributed by atoms with Gasteiger partial charge in [-0.05, 0) is 30.2 Å². The van der Waals surface area contributed by atoms with Crippen LogP contribution in [0.1, 0.15) is 21.5 Å². The zero-order valence-electron chi connectivity index (χ0n) is 14.8. The summed E-state index contributed by atoms with van der Waals surface area (Å²) in [6.45, 7) is 2.06. The molecule has 0 radical (unpaired) electrons. The summed E-state index contributed by atoms with van der Waals surface area (Å²) in [5, 5.41) is 7.88. The summed E-state index contributed by atoms with van der Waals surface area (Å²) < 4.78 is 0. The van der Waals surface area contributed by atoms with Crippen molar-refractivity contribution in [2.75, 3.05) is 16.4 Å². The minimum atomic E-state index is -0.298. The zero-order chi connectivity index (χ0) is 19.1. The molecule has 0 saturated heterocycles. The number of hydrogen-bond acceptors (Lipinski definition) is 5. The summed E-state index contributed by atoms with van der Waals surface area (Å²) in [4.78, 5) is 28.8. The molecule has 0 aliphatic carbocycles. The molecule has 0 aliphatic heterocycles. The molecule has 3 aromatic rings. The van der Waals surface area contributed by atoms with Gasteiger partial charge in [-0.2, -0.15) is 0 Å². The van der Waals surface area contributed by atoms with Crippen molar-refractivity contribution >= 4 is 45.7 Å². The van der Waals surface area contributed by atoms with Crippen LogP contribution in [0.3, 0.4) is 0 Å². The van der Waals surface area contributed by atoms with Gasteiger partial charge in [0.1, 0.15) is 0 Å². The van der Waals surface area contributed by atoms with E-state index in [0.29, 0.717) is 22.1 Å². The monoisotopic (exact) mass is 397 g/mol. The Balaban J connectivity index is 1.57. The number of anilines is 2. The van der Waals surface area contributed by atoms with E-state index in [0.717, 1.165) is 5.75 Å². The van der Waals surface area contributed by atoms with Crippen molar-refractivity contribution in [3.8, 4) is 0 Å². The predicted molar refractivity (Wildman–Crippen MR) is 112 cm³/mol. The number of nitrogens with zero attached hydrogens (tertiary/aromatic N) is 1. The van der Waals surface area contributed by atoms with Gasteiger partial charge in [0, 0.05) is 17.3 Å². The Labute approximate surface area is 166 Å². The minimum Gasteiger partial charge on any atom is -0.325 e. The van der Waals surface area contributed by atoms with E-state index in [9.17, 15) is 9.59 Å². The fraction of sp³-hybridized carbons (Fsp3) is 0.150. The van der Waals surface area contributed by atoms with Crippen molar-refractivity contribution < 1.29 is 9.59 Å². The second-order valence-electron chi connectivity index (χ2n) is 5.80. The number of thiazole rings is 1. The number of aromatic nitrogens is 1. The van der Waals surface area contributed by atoms with E-state index in [-0.39, 0.29) is 11.8 Å². The van der Waals surface area contributed by atoms with Crippen molar-refractivity contribution in [2.24, 2.45) is 0 Å². The number of rotatable bonds is 7. The first-order valence-electron chi connectivity index (χ1n) is 8.35. The molecule has 27 heavy (non-hydrogen) atoms. The Bertz CT molecular complexity index is 926. The van der Waals surface area contributed by atoms with Crippen LogP contribution in [0.15, 0.2) is 60.1 Å². The summed E-state index contributed by atoms with van der Waals surface area (Å²) in [7, 11) is 0. The lowest BCUT2D eigenvalue weighted by molar-refractivity contribution is -0.113. The Kier molecular flexibility index (Phi) is 6.62. The fourth-order valence-electron chi connectivity index (χ4n) is 2.45.